The third kappa shape index (κ3) is 3.62. The van der Waals surface area contributed by atoms with Gasteiger partial charge in [0.25, 0.3) is 0 Å². The normalized spacial score (nSPS) is 14.4. The summed E-state index contributed by atoms with van der Waals surface area (Å²) in [7, 11) is 0. The van der Waals surface area contributed by atoms with Crippen LogP contribution in [-0.4, -0.2) is 14.8 Å². The van der Waals surface area contributed by atoms with Crippen molar-refractivity contribution in [3.8, 4) is 0 Å². The summed E-state index contributed by atoms with van der Waals surface area (Å²) in [5.41, 5.74) is 0.0505. The Labute approximate surface area is 99.3 Å². The third-order valence-corrected chi connectivity index (χ3v) is 3.16. The van der Waals surface area contributed by atoms with Crippen molar-refractivity contribution in [2.75, 3.05) is 0 Å². The first kappa shape index (κ1) is 13.2. The lowest BCUT2D eigenvalue weighted by atomic mass is 9.95. The molecule has 1 unspecified atom stereocenters. The summed E-state index contributed by atoms with van der Waals surface area (Å²) in [4.78, 5) is 4.36. The Bertz CT molecular complexity index is 320. The zero-order valence-electron chi connectivity index (χ0n) is 11.5. The van der Waals surface area contributed by atoms with Gasteiger partial charge in [0.05, 0.1) is 0 Å². The van der Waals surface area contributed by atoms with Crippen LogP contribution >= 0.6 is 0 Å². The van der Waals surface area contributed by atoms with E-state index in [1.54, 1.807) is 0 Å². The molecule has 3 heteroatoms. The van der Waals surface area contributed by atoms with Gasteiger partial charge < -0.3 is 0 Å². The van der Waals surface area contributed by atoms with Crippen LogP contribution in [0.4, 0.5) is 0 Å². The van der Waals surface area contributed by atoms with Gasteiger partial charge in [-0.05, 0) is 18.3 Å². The van der Waals surface area contributed by atoms with Crippen LogP contribution in [0.3, 0.4) is 0 Å². The quantitative estimate of drug-likeness (QED) is 0.784. The summed E-state index contributed by atoms with van der Waals surface area (Å²) in [5, 5.41) is 4.52. The van der Waals surface area contributed by atoms with Crippen LogP contribution in [0, 0.1) is 11.8 Å². The molecule has 0 saturated carbocycles. The van der Waals surface area contributed by atoms with Gasteiger partial charge >= 0.3 is 0 Å². The maximum absolute atomic E-state index is 4.52. The van der Waals surface area contributed by atoms with Gasteiger partial charge in [-0.15, -0.1) is 0 Å². The minimum absolute atomic E-state index is 0.0505. The van der Waals surface area contributed by atoms with Crippen LogP contribution in [0.2, 0.25) is 0 Å². The highest BCUT2D eigenvalue weighted by atomic mass is 15.3. The lowest BCUT2D eigenvalue weighted by molar-refractivity contribution is 0.359. The second-order valence-electron chi connectivity index (χ2n) is 6.09. The van der Waals surface area contributed by atoms with E-state index in [2.05, 4.69) is 51.6 Å². The lowest BCUT2D eigenvalue weighted by Crippen LogP contribution is -2.15. The van der Waals surface area contributed by atoms with Crippen molar-refractivity contribution in [2.45, 2.75) is 59.9 Å². The van der Waals surface area contributed by atoms with Crippen LogP contribution in [0.1, 0.15) is 53.8 Å². The molecular weight excluding hydrogens is 198 g/mol. The monoisotopic (exact) mass is 223 g/mol. The predicted molar refractivity (Wildman–Crippen MR) is 67.3 cm³/mol. The first-order valence-corrected chi connectivity index (χ1v) is 6.20. The van der Waals surface area contributed by atoms with E-state index in [1.165, 1.54) is 6.42 Å². The van der Waals surface area contributed by atoms with Crippen LogP contribution in [-0.2, 0) is 12.0 Å². The van der Waals surface area contributed by atoms with E-state index < -0.39 is 0 Å². The molecule has 1 aromatic rings. The Morgan fingerprint density at radius 2 is 1.88 bits per heavy atom. The molecule has 0 aromatic carbocycles. The molecule has 0 aliphatic carbocycles. The number of aromatic nitrogens is 3. The average molecular weight is 223 g/mol. The van der Waals surface area contributed by atoms with Gasteiger partial charge in [-0.2, -0.15) is 5.10 Å². The first-order valence-electron chi connectivity index (χ1n) is 6.20. The minimum Gasteiger partial charge on any atom is -0.253 e. The van der Waals surface area contributed by atoms with Gasteiger partial charge in [0, 0.05) is 12.0 Å². The van der Waals surface area contributed by atoms with Gasteiger partial charge in [-0.25, -0.2) is 4.98 Å². The summed E-state index contributed by atoms with van der Waals surface area (Å²) in [6.07, 6.45) is 3.03. The minimum atomic E-state index is 0.0505. The molecule has 16 heavy (non-hydrogen) atoms. The highest BCUT2D eigenvalue weighted by molar-refractivity contribution is 4.98. The van der Waals surface area contributed by atoms with Crippen molar-refractivity contribution in [3.05, 3.63) is 12.2 Å². The van der Waals surface area contributed by atoms with Crippen molar-refractivity contribution < 1.29 is 0 Å². The van der Waals surface area contributed by atoms with Crippen LogP contribution in [0.25, 0.3) is 0 Å². The van der Waals surface area contributed by atoms with E-state index in [0.29, 0.717) is 0 Å². The Morgan fingerprint density at radius 3 is 2.31 bits per heavy atom. The van der Waals surface area contributed by atoms with Crippen LogP contribution in [0.15, 0.2) is 6.33 Å². The summed E-state index contributed by atoms with van der Waals surface area (Å²) in [6.45, 7) is 14.2. The van der Waals surface area contributed by atoms with Crippen molar-refractivity contribution >= 4 is 0 Å². The summed E-state index contributed by atoms with van der Waals surface area (Å²) >= 11 is 0. The molecule has 1 atom stereocenters. The fraction of sp³-hybridized carbons (Fsp3) is 0.846. The fourth-order valence-electron chi connectivity index (χ4n) is 1.42. The van der Waals surface area contributed by atoms with E-state index >= 15 is 0 Å². The molecule has 0 saturated heterocycles. The van der Waals surface area contributed by atoms with E-state index in [-0.39, 0.29) is 5.41 Å². The van der Waals surface area contributed by atoms with Gasteiger partial charge in [0.1, 0.15) is 6.33 Å². The molecular formula is C13H25N3. The molecule has 0 fully saturated rings. The number of aryl methyl sites for hydroxylation is 1. The maximum Gasteiger partial charge on any atom is 0.155 e. The highest BCUT2D eigenvalue weighted by Crippen LogP contribution is 2.18. The Morgan fingerprint density at radius 1 is 1.25 bits per heavy atom. The smallest absolute Gasteiger partial charge is 0.155 e. The van der Waals surface area contributed by atoms with E-state index in [1.807, 2.05) is 11.0 Å². The summed E-state index contributed by atoms with van der Waals surface area (Å²) in [6, 6.07) is 0. The van der Waals surface area contributed by atoms with Gasteiger partial charge in [0.2, 0.25) is 0 Å². The first-order chi connectivity index (χ1) is 7.30. The third-order valence-electron chi connectivity index (χ3n) is 3.16. The van der Waals surface area contributed by atoms with Crippen molar-refractivity contribution in [2.24, 2.45) is 11.8 Å². The highest BCUT2D eigenvalue weighted by Gasteiger charge is 2.18. The summed E-state index contributed by atoms with van der Waals surface area (Å²) < 4.78 is 1.97. The fourth-order valence-corrected chi connectivity index (χ4v) is 1.42. The van der Waals surface area contributed by atoms with Gasteiger partial charge in [-0.3, -0.25) is 4.68 Å². The Balaban J connectivity index is 2.53. The maximum atomic E-state index is 4.52. The number of hydrogen-bond donors (Lipinski definition) is 0. The second kappa shape index (κ2) is 4.98. The van der Waals surface area contributed by atoms with Crippen molar-refractivity contribution in [1.29, 1.82) is 0 Å². The molecule has 1 heterocycles. The van der Waals surface area contributed by atoms with E-state index in [9.17, 15) is 0 Å². The Kier molecular flexibility index (Phi) is 4.11. The zero-order chi connectivity index (χ0) is 12.3. The van der Waals surface area contributed by atoms with Crippen molar-refractivity contribution in [3.63, 3.8) is 0 Å². The van der Waals surface area contributed by atoms with Crippen molar-refractivity contribution in [1.82, 2.24) is 14.8 Å². The molecule has 0 aliphatic heterocycles. The van der Waals surface area contributed by atoms with Gasteiger partial charge in [0.15, 0.2) is 5.82 Å². The molecule has 0 spiro atoms. The molecule has 0 aliphatic rings. The van der Waals surface area contributed by atoms with Gasteiger partial charge in [-0.1, -0.05) is 41.5 Å². The molecule has 3 nitrogen and oxygen atoms in total. The standard InChI is InChI=1S/C13H25N3/c1-10(2)11(3)7-8-16-9-14-12(15-16)13(4,5)6/h9-11H,7-8H2,1-6H3. The molecule has 0 N–H and O–H groups in total. The van der Waals surface area contributed by atoms with E-state index in [4.69, 9.17) is 0 Å². The molecule has 1 aromatic heterocycles. The molecule has 0 bridgehead atoms. The van der Waals surface area contributed by atoms with Crippen LogP contribution < -0.4 is 0 Å². The lowest BCUT2D eigenvalue weighted by Gasteiger charge is -2.15. The second-order valence-corrected chi connectivity index (χ2v) is 6.09. The number of nitrogens with zero attached hydrogens (tertiary/aromatic N) is 3. The zero-order valence-corrected chi connectivity index (χ0v) is 11.5. The molecule has 0 amide bonds. The number of rotatable bonds is 4. The molecule has 92 valence electrons. The molecule has 1 rings (SSSR count). The number of hydrogen-bond acceptors (Lipinski definition) is 2. The average Bonchev–Trinajstić information content (AvgIpc) is 2.61. The topological polar surface area (TPSA) is 30.7 Å². The van der Waals surface area contributed by atoms with Crippen LogP contribution in [0.5, 0.6) is 0 Å². The largest absolute Gasteiger partial charge is 0.253 e. The van der Waals surface area contributed by atoms with E-state index in [0.717, 1.165) is 24.2 Å². The molecule has 0 radical (unpaired) electrons. The predicted octanol–water partition coefficient (Wildman–Crippen LogP) is 3.26. The Hall–Kier alpha value is -0.860. The summed E-state index contributed by atoms with van der Waals surface area (Å²) in [5.74, 6) is 2.41. The SMILES string of the molecule is CC(C)C(C)CCn1cnc(C(C)(C)C)n1.